The number of rotatable bonds is 2. The van der Waals surface area contributed by atoms with E-state index in [0.717, 1.165) is 5.56 Å². The zero-order chi connectivity index (χ0) is 7.94. The molecule has 0 N–H and O–H groups in total. The Hall–Kier alpha value is -0.640. The van der Waals surface area contributed by atoms with Crippen LogP contribution in [0.4, 0.5) is 0 Å². The van der Waals surface area contributed by atoms with Crippen molar-refractivity contribution in [2.45, 2.75) is 0 Å². The van der Waals surface area contributed by atoms with Crippen molar-refractivity contribution in [2.24, 2.45) is 0 Å². The van der Waals surface area contributed by atoms with E-state index in [2.05, 4.69) is 27.6 Å². The van der Waals surface area contributed by atoms with Gasteiger partial charge in [0.2, 0.25) is 0 Å². The van der Waals surface area contributed by atoms with Crippen molar-refractivity contribution >= 4 is 28.7 Å². The topological polar surface area (TPSA) is 12.9 Å². The van der Waals surface area contributed by atoms with Crippen LogP contribution in [0.1, 0.15) is 5.56 Å². The first-order valence-electron chi connectivity index (χ1n) is 3.27. The molecule has 0 amide bonds. The van der Waals surface area contributed by atoms with Crippen LogP contribution in [0.3, 0.4) is 0 Å². The van der Waals surface area contributed by atoms with E-state index in [9.17, 15) is 0 Å². The molecule has 0 bridgehead atoms. The van der Waals surface area contributed by atoms with Crippen LogP contribution in [0.5, 0.6) is 0 Å². The summed E-state index contributed by atoms with van der Waals surface area (Å²) in [6.07, 6.45) is 9.59. The first-order chi connectivity index (χ1) is 5.43. The molecule has 1 nitrogen and oxygen atoms in total. The van der Waals surface area contributed by atoms with Crippen molar-refractivity contribution in [1.82, 2.24) is 4.98 Å². The third-order valence-corrected chi connectivity index (χ3v) is 1.57. The molecule has 0 fully saturated rings. The Bertz CT molecular complexity index is 252. The van der Waals surface area contributed by atoms with Gasteiger partial charge in [0.05, 0.1) is 0 Å². The second-order valence-electron chi connectivity index (χ2n) is 1.96. The van der Waals surface area contributed by atoms with E-state index < -0.39 is 0 Å². The molecule has 0 unspecified atom stereocenters. The molecule has 56 valence electrons. The van der Waals surface area contributed by atoms with E-state index in [-0.39, 0.29) is 0 Å². The van der Waals surface area contributed by atoms with Crippen LogP contribution in [-0.2, 0) is 0 Å². The van der Waals surface area contributed by atoms with E-state index in [4.69, 9.17) is 0 Å². The highest BCUT2D eigenvalue weighted by atomic mass is 127. The Morgan fingerprint density at radius 3 is 2.91 bits per heavy atom. The molecule has 0 aliphatic rings. The van der Waals surface area contributed by atoms with Gasteiger partial charge < -0.3 is 0 Å². The molecule has 0 saturated heterocycles. The third kappa shape index (κ3) is 3.32. The summed E-state index contributed by atoms with van der Waals surface area (Å²) in [6, 6.07) is 3.94. The van der Waals surface area contributed by atoms with E-state index in [0.29, 0.717) is 0 Å². The molecule has 0 aliphatic carbocycles. The second kappa shape index (κ2) is 5.07. The Balaban J connectivity index is 2.64. The van der Waals surface area contributed by atoms with Crippen LogP contribution < -0.4 is 0 Å². The summed E-state index contributed by atoms with van der Waals surface area (Å²) in [4.78, 5) is 3.99. The van der Waals surface area contributed by atoms with E-state index >= 15 is 0 Å². The number of halogens is 1. The molecule has 0 spiro atoms. The molecule has 2 heteroatoms. The molecule has 11 heavy (non-hydrogen) atoms. The number of pyridine rings is 1. The molecule has 0 saturated carbocycles. The monoisotopic (exact) mass is 257 g/mol. The molecule has 1 heterocycles. The highest BCUT2D eigenvalue weighted by Crippen LogP contribution is 1.98. The molecule has 0 aromatic carbocycles. The van der Waals surface area contributed by atoms with Gasteiger partial charge in [0.25, 0.3) is 0 Å². The fourth-order valence-corrected chi connectivity index (χ4v) is 0.923. The van der Waals surface area contributed by atoms with Gasteiger partial charge in [-0.1, -0.05) is 46.9 Å². The summed E-state index contributed by atoms with van der Waals surface area (Å²) in [5.41, 5.74) is 1.13. The fourth-order valence-electron chi connectivity index (χ4n) is 0.683. The molecule has 0 aliphatic heterocycles. The minimum absolute atomic E-state index is 1.13. The summed E-state index contributed by atoms with van der Waals surface area (Å²) < 4.78 is 1.96. The first-order valence-corrected chi connectivity index (χ1v) is 4.51. The number of allylic oxidation sites excluding steroid dienone is 2. The minimum atomic E-state index is 1.13. The van der Waals surface area contributed by atoms with Gasteiger partial charge >= 0.3 is 0 Å². The Morgan fingerprint density at radius 1 is 1.36 bits per heavy atom. The molecule has 1 rings (SSSR count). The van der Waals surface area contributed by atoms with Crippen LogP contribution in [0.25, 0.3) is 6.08 Å². The van der Waals surface area contributed by atoms with Gasteiger partial charge in [-0.15, -0.1) is 0 Å². The van der Waals surface area contributed by atoms with Gasteiger partial charge in [-0.2, -0.15) is 0 Å². The maximum absolute atomic E-state index is 3.99. The zero-order valence-electron chi connectivity index (χ0n) is 5.94. The first kappa shape index (κ1) is 8.46. The minimum Gasteiger partial charge on any atom is -0.264 e. The molecule has 1 aromatic rings. The van der Waals surface area contributed by atoms with Crippen molar-refractivity contribution in [2.75, 3.05) is 0 Å². The van der Waals surface area contributed by atoms with Crippen molar-refractivity contribution in [3.8, 4) is 0 Å². The zero-order valence-corrected chi connectivity index (χ0v) is 8.10. The van der Waals surface area contributed by atoms with Gasteiger partial charge in [0.1, 0.15) is 0 Å². The van der Waals surface area contributed by atoms with Crippen molar-refractivity contribution in [1.29, 1.82) is 0 Å². The third-order valence-electron chi connectivity index (χ3n) is 1.16. The number of hydrogen-bond acceptors (Lipinski definition) is 1. The SMILES string of the molecule is I/C=C\C=C\c1cccnc1. The molecule has 0 radical (unpaired) electrons. The van der Waals surface area contributed by atoms with Crippen LogP contribution in [0.2, 0.25) is 0 Å². The van der Waals surface area contributed by atoms with Crippen LogP contribution in [-0.4, -0.2) is 4.98 Å². The summed E-state index contributed by atoms with van der Waals surface area (Å²) in [5.74, 6) is 0. The van der Waals surface area contributed by atoms with E-state index in [1.165, 1.54) is 0 Å². The predicted molar refractivity (Wildman–Crippen MR) is 56.4 cm³/mol. The lowest BCUT2D eigenvalue weighted by Crippen LogP contribution is -1.71. The lowest BCUT2D eigenvalue weighted by molar-refractivity contribution is 1.32. The summed E-state index contributed by atoms with van der Waals surface area (Å²) in [6.45, 7) is 0. The standard InChI is InChI=1S/C9H8IN/c10-6-2-1-4-9-5-3-7-11-8-9/h1-8H/b4-1+,6-2-. The van der Waals surface area contributed by atoms with Crippen LogP contribution in [0, 0.1) is 0 Å². The largest absolute Gasteiger partial charge is 0.264 e. The van der Waals surface area contributed by atoms with Gasteiger partial charge in [-0.05, 0) is 15.7 Å². The van der Waals surface area contributed by atoms with Crippen LogP contribution >= 0.6 is 22.6 Å². The number of nitrogens with zero attached hydrogens (tertiary/aromatic N) is 1. The van der Waals surface area contributed by atoms with Gasteiger partial charge in [0, 0.05) is 12.4 Å². The maximum Gasteiger partial charge on any atom is 0.0340 e. The van der Waals surface area contributed by atoms with Crippen molar-refractivity contribution < 1.29 is 0 Å². The highest BCUT2D eigenvalue weighted by molar-refractivity contribution is 14.1. The average molecular weight is 257 g/mol. The Morgan fingerprint density at radius 2 is 2.27 bits per heavy atom. The molecule has 0 atom stereocenters. The summed E-state index contributed by atoms with van der Waals surface area (Å²) in [5, 5.41) is 0. The van der Waals surface area contributed by atoms with Crippen molar-refractivity contribution in [3.63, 3.8) is 0 Å². The fraction of sp³-hybridized carbons (Fsp3) is 0. The van der Waals surface area contributed by atoms with Gasteiger partial charge in [-0.3, -0.25) is 4.98 Å². The molecular weight excluding hydrogens is 249 g/mol. The lowest BCUT2D eigenvalue weighted by atomic mass is 10.2. The molecule has 1 aromatic heterocycles. The Labute approximate surface area is 80.0 Å². The summed E-state index contributed by atoms with van der Waals surface area (Å²) >= 11 is 2.18. The molecular formula is C9H8IN. The normalized spacial score (nSPS) is 11.4. The smallest absolute Gasteiger partial charge is 0.0340 e. The van der Waals surface area contributed by atoms with Gasteiger partial charge in [0.15, 0.2) is 0 Å². The van der Waals surface area contributed by atoms with Gasteiger partial charge in [-0.25, -0.2) is 0 Å². The quantitative estimate of drug-likeness (QED) is 0.586. The average Bonchev–Trinajstić information content (AvgIpc) is 2.07. The highest BCUT2D eigenvalue weighted by Gasteiger charge is 1.79. The van der Waals surface area contributed by atoms with Crippen LogP contribution in [0.15, 0.2) is 40.8 Å². The second-order valence-corrected chi connectivity index (χ2v) is 2.68. The van der Waals surface area contributed by atoms with E-state index in [1.54, 1.807) is 6.20 Å². The lowest BCUT2D eigenvalue weighted by Gasteiger charge is -1.86. The van der Waals surface area contributed by atoms with E-state index in [1.807, 2.05) is 40.6 Å². The summed E-state index contributed by atoms with van der Waals surface area (Å²) in [7, 11) is 0. The Kier molecular flexibility index (Phi) is 3.90. The predicted octanol–water partition coefficient (Wildman–Crippen LogP) is 3.04. The van der Waals surface area contributed by atoms with Crippen molar-refractivity contribution in [3.05, 3.63) is 46.3 Å². The number of hydrogen-bond donors (Lipinski definition) is 0. The maximum atomic E-state index is 3.99. The number of aromatic nitrogens is 1.